The van der Waals surface area contributed by atoms with Crippen LogP contribution in [-0.2, 0) is 0 Å². The normalized spacial score (nSPS) is 10.7. The lowest BCUT2D eigenvalue weighted by Gasteiger charge is -2.05. The number of hydrogen-bond donors (Lipinski definition) is 1. The van der Waals surface area contributed by atoms with Crippen LogP contribution in [0.25, 0.3) is 17.1 Å². The number of amides is 1. The summed E-state index contributed by atoms with van der Waals surface area (Å²) in [5, 5.41) is 7.85. The van der Waals surface area contributed by atoms with Crippen LogP contribution in [0.5, 0.6) is 0 Å². The highest BCUT2D eigenvalue weighted by Crippen LogP contribution is 2.25. The van der Waals surface area contributed by atoms with Crippen LogP contribution in [0.2, 0.25) is 5.02 Å². The van der Waals surface area contributed by atoms with Gasteiger partial charge in [-0.1, -0.05) is 11.6 Å². The Morgan fingerprint density at radius 1 is 1.15 bits per heavy atom. The highest BCUT2D eigenvalue weighted by molar-refractivity contribution is 6.30. The van der Waals surface area contributed by atoms with Gasteiger partial charge in [0.25, 0.3) is 5.91 Å². The van der Waals surface area contributed by atoms with Crippen LogP contribution >= 0.6 is 11.6 Å². The zero-order valence-electron chi connectivity index (χ0n) is 14.4. The van der Waals surface area contributed by atoms with Gasteiger partial charge in [0, 0.05) is 17.3 Å². The molecule has 0 aliphatic rings. The number of rotatable bonds is 4. The Labute approximate surface area is 160 Å². The predicted molar refractivity (Wildman–Crippen MR) is 103 cm³/mol. The lowest BCUT2D eigenvalue weighted by Crippen LogP contribution is -2.14. The van der Waals surface area contributed by atoms with Gasteiger partial charge in [0.05, 0.1) is 12.0 Å². The fourth-order valence-corrected chi connectivity index (χ4v) is 2.78. The standard InChI is InChI=1S/C20H15ClN4O2/c1-13-8-9-22-19(11-13)23-20(26)16-12-17(18-3-2-10-27-18)25(24-16)15-6-4-14(21)5-7-15/h2-12H,1H3,(H,22,23,26). The third-order valence-electron chi connectivity index (χ3n) is 3.94. The van der Waals surface area contributed by atoms with Gasteiger partial charge in [0.1, 0.15) is 11.5 Å². The fraction of sp³-hybridized carbons (Fsp3) is 0.0500. The van der Waals surface area contributed by atoms with Crippen molar-refractivity contribution < 1.29 is 9.21 Å². The van der Waals surface area contributed by atoms with Crippen LogP contribution in [0.1, 0.15) is 16.1 Å². The molecule has 6 nitrogen and oxygen atoms in total. The molecule has 1 amide bonds. The number of pyridine rings is 1. The number of carbonyl (C=O) groups excluding carboxylic acids is 1. The monoisotopic (exact) mass is 378 g/mol. The molecular weight excluding hydrogens is 364 g/mol. The number of carbonyl (C=O) groups is 1. The number of aromatic nitrogens is 3. The number of aryl methyl sites for hydroxylation is 1. The number of hydrogen-bond acceptors (Lipinski definition) is 4. The summed E-state index contributed by atoms with van der Waals surface area (Å²) in [4.78, 5) is 16.8. The summed E-state index contributed by atoms with van der Waals surface area (Å²) < 4.78 is 7.15. The fourth-order valence-electron chi connectivity index (χ4n) is 2.66. The SMILES string of the molecule is Cc1ccnc(NC(=O)c2cc(-c3ccco3)n(-c3ccc(Cl)cc3)n2)c1. The molecular formula is C20H15ClN4O2. The van der Waals surface area contributed by atoms with E-state index in [1.165, 1.54) is 0 Å². The smallest absolute Gasteiger partial charge is 0.277 e. The zero-order valence-corrected chi connectivity index (χ0v) is 15.1. The third kappa shape index (κ3) is 3.61. The van der Waals surface area contributed by atoms with E-state index in [2.05, 4.69) is 15.4 Å². The first kappa shape index (κ1) is 17.1. The molecule has 0 unspecified atom stereocenters. The van der Waals surface area contributed by atoms with Crippen molar-refractivity contribution in [2.24, 2.45) is 0 Å². The van der Waals surface area contributed by atoms with Crippen molar-refractivity contribution in [1.82, 2.24) is 14.8 Å². The quantitative estimate of drug-likeness (QED) is 0.556. The molecule has 0 bridgehead atoms. The molecule has 3 aromatic heterocycles. The molecule has 0 atom stereocenters. The number of furan rings is 1. The van der Waals surface area contributed by atoms with E-state index in [0.29, 0.717) is 22.3 Å². The summed E-state index contributed by atoms with van der Waals surface area (Å²) in [6.45, 7) is 1.93. The molecule has 4 aromatic rings. The average molecular weight is 379 g/mol. The van der Waals surface area contributed by atoms with Crippen LogP contribution in [0.15, 0.2) is 71.5 Å². The molecule has 0 saturated heterocycles. The first-order chi connectivity index (χ1) is 13.1. The molecule has 3 heterocycles. The van der Waals surface area contributed by atoms with E-state index < -0.39 is 0 Å². The summed E-state index contributed by atoms with van der Waals surface area (Å²) >= 11 is 5.98. The van der Waals surface area contributed by atoms with Gasteiger partial charge in [-0.15, -0.1) is 0 Å². The van der Waals surface area contributed by atoms with E-state index in [1.54, 1.807) is 47.5 Å². The van der Waals surface area contributed by atoms with Gasteiger partial charge in [-0.2, -0.15) is 5.10 Å². The van der Waals surface area contributed by atoms with Crippen molar-refractivity contribution >= 4 is 23.3 Å². The van der Waals surface area contributed by atoms with Crippen molar-refractivity contribution in [3.63, 3.8) is 0 Å². The number of halogens is 1. The highest BCUT2D eigenvalue weighted by Gasteiger charge is 2.18. The van der Waals surface area contributed by atoms with Gasteiger partial charge in [0.2, 0.25) is 0 Å². The molecule has 27 heavy (non-hydrogen) atoms. The van der Waals surface area contributed by atoms with Crippen molar-refractivity contribution in [2.75, 3.05) is 5.32 Å². The minimum Gasteiger partial charge on any atom is -0.463 e. The molecule has 0 aliphatic heterocycles. The van der Waals surface area contributed by atoms with Crippen molar-refractivity contribution in [3.8, 4) is 17.1 Å². The molecule has 4 rings (SSSR count). The third-order valence-corrected chi connectivity index (χ3v) is 4.20. The first-order valence-electron chi connectivity index (χ1n) is 8.24. The summed E-state index contributed by atoms with van der Waals surface area (Å²) in [7, 11) is 0. The molecule has 0 radical (unpaired) electrons. The van der Waals surface area contributed by atoms with E-state index in [-0.39, 0.29) is 11.6 Å². The van der Waals surface area contributed by atoms with Crippen molar-refractivity contribution in [1.29, 1.82) is 0 Å². The Morgan fingerprint density at radius 3 is 2.67 bits per heavy atom. The van der Waals surface area contributed by atoms with Gasteiger partial charge in [-0.3, -0.25) is 4.79 Å². The zero-order chi connectivity index (χ0) is 18.8. The maximum atomic E-state index is 12.7. The Hall–Kier alpha value is -3.38. The van der Waals surface area contributed by atoms with Gasteiger partial charge >= 0.3 is 0 Å². The van der Waals surface area contributed by atoms with Crippen LogP contribution in [0, 0.1) is 6.92 Å². The number of nitrogens with zero attached hydrogens (tertiary/aromatic N) is 3. The summed E-state index contributed by atoms with van der Waals surface area (Å²) in [5.41, 5.74) is 2.67. The van der Waals surface area contributed by atoms with Gasteiger partial charge in [0.15, 0.2) is 11.5 Å². The molecule has 0 aliphatic carbocycles. The molecule has 134 valence electrons. The maximum Gasteiger partial charge on any atom is 0.277 e. The first-order valence-corrected chi connectivity index (χ1v) is 8.62. The van der Waals surface area contributed by atoms with Gasteiger partial charge in [-0.05, 0) is 61.0 Å². The number of nitrogens with one attached hydrogen (secondary N) is 1. The molecule has 0 saturated carbocycles. The highest BCUT2D eigenvalue weighted by atomic mass is 35.5. The van der Waals surface area contributed by atoms with Crippen LogP contribution in [0.3, 0.4) is 0 Å². The molecule has 1 N–H and O–H groups in total. The minimum atomic E-state index is -0.353. The van der Waals surface area contributed by atoms with Gasteiger partial charge < -0.3 is 9.73 Å². The number of benzene rings is 1. The second-order valence-electron chi connectivity index (χ2n) is 5.95. The second-order valence-corrected chi connectivity index (χ2v) is 6.39. The molecule has 1 aromatic carbocycles. The largest absolute Gasteiger partial charge is 0.463 e. The van der Waals surface area contributed by atoms with Crippen LogP contribution in [0.4, 0.5) is 5.82 Å². The Balaban J connectivity index is 1.72. The topological polar surface area (TPSA) is 73.0 Å². The maximum absolute atomic E-state index is 12.7. The molecule has 0 spiro atoms. The average Bonchev–Trinajstić information content (AvgIpc) is 3.32. The van der Waals surface area contributed by atoms with Crippen molar-refractivity contribution in [3.05, 3.63) is 83.3 Å². The summed E-state index contributed by atoms with van der Waals surface area (Å²) in [6, 6.07) is 16.1. The Morgan fingerprint density at radius 2 is 1.96 bits per heavy atom. The lowest BCUT2D eigenvalue weighted by atomic mass is 10.2. The second kappa shape index (κ2) is 7.09. The van der Waals surface area contributed by atoms with Crippen LogP contribution < -0.4 is 5.32 Å². The number of anilines is 1. The van der Waals surface area contributed by atoms with Crippen LogP contribution in [-0.4, -0.2) is 20.7 Å². The molecule has 0 fully saturated rings. The molecule has 7 heteroatoms. The van der Waals surface area contributed by atoms with E-state index >= 15 is 0 Å². The Bertz CT molecular complexity index is 1090. The summed E-state index contributed by atoms with van der Waals surface area (Å²) in [6.07, 6.45) is 3.22. The van der Waals surface area contributed by atoms with Crippen molar-refractivity contribution in [2.45, 2.75) is 6.92 Å². The minimum absolute atomic E-state index is 0.250. The van der Waals surface area contributed by atoms with E-state index in [4.69, 9.17) is 16.0 Å². The van der Waals surface area contributed by atoms with Gasteiger partial charge in [-0.25, -0.2) is 9.67 Å². The van der Waals surface area contributed by atoms with E-state index in [1.807, 2.05) is 31.2 Å². The van der Waals surface area contributed by atoms with E-state index in [0.717, 1.165) is 11.3 Å². The Kier molecular flexibility index (Phi) is 4.48. The predicted octanol–water partition coefficient (Wildman–Crippen LogP) is 4.74. The van der Waals surface area contributed by atoms with E-state index in [9.17, 15) is 4.79 Å². The summed E-state index contributed by atoms with van der Waals surface area (Å²) in [5.74, 6) is 0.722. The lowest BCUT2D eigenvalue weighted by molar-refractivity contribution is 0.102.